The molecule has 1 heterocycles. The molecule has 0 aliphatic rings. The number of nitrogens with zero attached hydrogens (tertiary/aromatic N) is 1. The van der Waals surface area contributed by atoms with E-state index in [0.29, 0.717) is 17.2 Å². The van der Waals surface area contributed by atoms with Gasteiger partial charge >= 0.3 is 0 Å². The van der Waals surface area contributed by atoms with Gasteiger partial charge in [-0.05, 0) is 69.2 Å². The minimum absolute atomic E-state index is 0.110. The van der Waals surface area contributed by atoms with Gasteiger partial charge in [-0.15, -0.1) is 0 Å². The summed E-state index contributed by atoms with van der Waals surface area (Å²) < 4.78 is 18.3. The quantitative estimate of drug-likeness (QED) is 0.580. The molecule has 2 aromatic carbocycles. The number of hydrogen-bond acceptors (Lipinski definition) is 5. The third kappa shape index (κ3) is 5.89. The first-order valence-electron chi connectivity index (χ1n) is 10.2. The minimum Gasteiger partial charge on any atom is -0.493 e. The second-order valence-electron chi connectivity index (χ2n) is 8.25. The molecule has 0 unspecified atom stereocenters. The van der Waals surface area contributed by atoms with Crippen LogP contribution >= 0.6 is 0 Å². The lowest BCUT2D eigenvalue weighted by Gasteiger charge is -2.19. The molecular formula is C25H29NO5. The van der Waals surface area contributed by atoms with E-state index in [9.17, 15) is 9.90 Å². The fourth-order valence-corrected chi connectivity index (χ4v) is 3.05. The summed E-state index contributed by atoms with van der Waals surface area (Å²) in [6.45, 7) is 7.42. The van der Waals surface area contributed by atoms with Crippen molar-refractivity contribution in [3.63, 3.8) is 0 Å². The molecule has 0 saturated carbocycles. The smallest absolute Gasteiger partial charge is 0.255 e. The van der Waals surface area contributed by atoms with E-state index >= 15 is 0 Å². The zero-order valence-electron chi connectivity index (χ0n) is 18.6. The average Bonchev–Trinajstić information content (AvgIpc) is 2.71. The molecule has 1 N–H and O–H groups in total. The van der Waals surface area contributed by atoms with Crippen molar-refractivity contribution in [3.05, 3.63) is 71.1 Å². The number of hydrogen-bond donors (Lipinski definition) is 1. The Morgan fingerprint density at radius 2 is 1.68 bits per heavy atom. The molecule has 0 saturated heterocycles. The van der Waals surface area contributed by atoms with Crippen LogP contribution in [0.4, 0.5) is 0 Å². The molecule has 0 fully saturated rings. The maximum atomic E-state index is 12.8. The summed E-state index contributed by atoms with van der Waals surface area (Å²) in [6.07, 6.45) is 1.85. The van der Waals surface area contributed by atoms with E-state index in [-0.39, 0.29) is 18.3 Å². The van der Waals surface area contributed by atoms with Crippen LogP contribution in [0.15, 0.2) is 65.6 Å². The Kier molecular flexibility index (Phi) is 6.71. The largest absolute Gasteiger partial charge is 0.493 e. The summed E-state index contributed by atoms with van der Waals surface area (Å²) in [4.78, 5) is 12.8. The highest BCUT2D eigenvalue weighted by Gasteiger charge is 2.16. The van der Waals surface area contributed by atoms with E-state index in [4.69, 9.17) is 14.2 Å². The first kappa shape index (κ1) is 22.4. The summed E-state index contributed by atoms with van der Waals surface area (Å²) in [5.74, 6) is 1.78. The van der Waals surface area contributed by atoms with Gasteiger partial charge in [-0.25, -0.2) is 0 Å². The molecule has 31 heavy (non-hydrogen) atoms. The summed E-state index contributed by atoms with van der Waals surface area (Å²) in [6, 6.07) is 16.4. The topological polar surface area (TPSA) is 69.9 Å². The van der Waals surface area contributed by atoms with E-state index in [2.05, 4.69) is 0 Å². The van der Waals surface area contributed by atoms with Gasteiger partial charge in [0, 0.05) is 18.3 Å². The van der Waals surface area contributed by atoms with Gasteiger partial charge in [0.25, 0.3) is 5.56 Å². The summed E-state index contributed by atoms with van der Waals surface area (Å²) in [5, 5.41) is 9.87. The van der Waals surface area contributed by atoms with E-state index < -0.39 is 5.60 Å². The zero-order chi connectivity index (χ0) is 22.6. The van der Waals surface area contributed by atoms with Crippen LogP contribution in [0.25, 0.3) is 16.8 Å². The Labute approximate surface area is 182 Å². The molecule has 0 amide bonds. The van der Waals surface area contributed by atoms with Crippen LogP contribution < -0.4 is 19.8 Å². The second kappa shape index (κ2) is 9.27. The summed E-state index contributed by atoms with van der Waals surface area (Å²) in [7, 11) is 1.54. The molecule has 164 valence electrons. The molecule has 6 nitrogen and oxygen atoms in total. The van der Waals surface area contributed by atoms with E-state index in [1.165, 1.54) is 7.11 Å². The molecule has 0 bridgehead atoms. The predicted octanol–water partition coefficient (Wildman–Crippen LogP) is 4.45. The lowest BCUT2D eigenvalue weighted by Crippen LogP contribution is -2.28. The van der Waals surface area contributed by atoms with Crippen molar-refractivity contribution < 1.29 is 19.3 Å². The standard InChI is InChI=1S/C25H29NO5/c1-17(2)31-21-9-6-18(7-10-21)19-12-13-26(24(27)14-19)20-8-11-22(23(15-20)29-5)30-16-25(3,4)28/h6-15,17,28H,16H2,1-5H3. The second-order valence-corrected chi connectivity index (χ2v) is 8.25. The molecule has 6 heteroatoms. The number of aromatic nitrogens is 1. The molecule has 0 spiro atoms. The normalized spacial score (nSPS) is 11.5. The number of methoxy groups -OCH3 is 1. The van der Waals surface area contributed by atoms with Crippen molar-refractivity contribution in [2.45, 2.75) is 39.4 Å². The van der Waals surface area contributed by atoms with Gasteiger partial charge in [0.15, 0.2) is 11.5 Å². The van der Waals surface area contributed by atoms with Crippen LogP contribution in [-0.4, -0.2) is 35.1 Å². The molecule has 0 atom stereocenters. The van der Waals surface area contributed by atoms with E-state index in [1.54, 1.807) is 48.9 Å². The van der Waals surface area contributed by atoms with Crippen molar-refractivity contribution in [3.8, 4) is 34.1 Å². The summed E-state index contributed by atoms with van der Waals surface area (Å²) in [5.41, 5.74) is 1.30. The Morgan fingerprint density at radius 3 is 2.26 bits per heavy atom. The van der Waals surface area contributed by atoms with Crippen LogP contribution in [0.1, 0.15) is 27.7 Å². The van der Waals surface area contributed by atoms with Gasteiger partial charge in [-0.2, -0.15) is 0 Å². The van der Waals surface area contributed by atoms with Crippen LogP contribution in [0, 0.1) is 0 Å². The van der Waals surface area contributed by atoms with Crippen molar-refractivity contribution in [1.29, 1.82) is 0 Å². The lowest BCUT2D eigenvalue weighted by molar-refractivity contribution is 0.0276. The Morgan fingerprint density at radius 1 is 0.968 bits per heavy atom. The average molecular weight is 424 g/mol. The Bertz CT molecular complexity index is 1080. The molecular weight excluding hydrogens is 394 g/mol. The Balaban J connectivity index is 1.85. The highest BCUT2D eigenvalue weighted by molar-refractivity contribution is 5.64. The monoisotopic (exact) mass is 423 g/mol. The first-order chi connectivity index (χ1) is 14.7. The number of aliphatic hydroxyl groups is 1. The Hall–Kier alpha value is -3.25. The number of ether oxygens (including phenoxy) is 3. The molecule has 3 rings (SSSR count). The van der Waals surface area contributed by atoms with Gasteiger partial charge in [-0.1, -0.05) is 12.1 Å². The highest BCUT2D eigenvalue weighted by Crippen LogP contribution is 2.30. The fourth-order valence-electron chi connectivity index (χ4n) is 3.05. The van der Waals surface area contributed by atoms with Gasteiger partial charge in [-0.3, -0.25) is 9.36 Å². The van der Waals surface area contributed by atoms with Crippen LogP contribution in [0.2, 0.25) is 0 Å². The lowest BCUT2D eigenvalue weighted by atomic mass is 10.1. The van der Waals surface area contributed by atoms with Crippen molar-refractivity contribution in [1.82, 2.24) is 4.57 Å². The fraction of sp³-hybridized carbons (Fsp3) is 0.320. The molecule has 1 aromatic heterocycles. The third-order valence-corrected chi connectivity index (χ3v) is 4.49. The first-order valence-corrected chi connectivity index (χ1v) is 10.2. The number of benzene rings is 2. The molecule has 0 aliphatic carbocycles. The molecule has 0 aliphatic heterocycles. The van der Waals surface area contributed by atoms with E-state index in [0.717, 1.165) is 16.9 Å². The maximum Gasteiger partial charge on any atom is 0.255 e. The van der Waals surface area contributed by atoms with Crippen LogP contribution in [0.5, 0.6) is 17.2 Å². The molecule has 0 radical (unpaired) electrons. The minimum atomic E-state index is -0.963. The van der Waals surface area contributed by atoms with Crippen molar-refractivity contribution in [2.24, 2.45) is 0 Å². The third-order valence-electron chi connectivity index (χ3n) is 4.49. The summed E-state index contributed by atoms with van der Waals surface area (Å²) >= 11 is 0. The van der Waals surface area contributed by atoms with Crippen LogP contribution in [-0.2, 0) is 0 Å². The highest BCUT2D eigenvalue weighted by atomic mass is 16.5. The zero-order valence-corrected chi connectivity index (χ0v) is 18.6. The number of rotatable bonds is 8. The van der Waals surface area contributed by atoms with Crippen LogP contribution in [0.3, 0.4) is 0 Å². The van der Waals surface area contributed by atoms with E-state index in [1.807, 2.05) is 44.2 Å². The van der Waals surface area contributed by atoms with Gasteiger partial charge < -0.3 is 19.3 Å². The van der Waals surface area contributed by atoms with Crippen molar-refractivity contribution >= 4 is 0 Å². The predicted molar refractivity (Wildman–Crippen MR) is 122 cm³/mol. The van der Waals surface area contributed by atoms with Gasteiger partial charge in [0.05, 0.1) is 24.5 Å². The van der Waals surface area contributed by atoms with Gasteiger partial charge in [0.1, 0.15) is 12.4 Å². The molecule has 3 aromatic rings. The number of pyridine rings is 1. The van der Waals surface area contributed by atoms with Crippen molar-refractivity contribution in [2.75, 3.05) is 13.7 Å². The maximum absolute atomic E-state index is 12.8. The van der Waals surface area contributed by atoms with Gasteiger partial charge in [0.2, 0.25) is 0 Å². The SMILES string of the molecule is COc1cc(-n2ccc(-c3ccc(OC(C)C)cc3)cc2=O)ccc1OCC(C)(C)O.